The van der Waals surface area contributed by atoms with E-state index in [1.54, 1.807) is 0 Å². The molecule has 1 fully saturated rings. The zero-order chi connectivity index (χ0) is 14.5. The molecule has 0 aromatic heterocycles. The molecule has 1 aromatic rings. The number of rotatable bonds is 6. The number of benzene rings is 1. The summed E-state index contributed by atoms with van der Waals surface area (Å²) < 4.78 is 5.69. The van der Waals surface area contributed by atoms with Crippen molar-refractivity contribution in [3.8, 4) is 0 Å². The highest BCUT2D eigenvalue weighted by atomic mass is 16.5. The third-order valence-corrected chi connectivity index (χ3v) is 4.19. The minimum atomic E-state index is 0.190. The van der Waals surface area contributed by atoms with E-state index in [0.29, 0.717) is 5.41 Å². The molecule has 0 spiro atoms. The van der Waals surface area contributed by atoms with Gasteiger partial charge in [-0.25, -0.2) is 0 Å². The molecule has 0 radical (unpaired) electrons. The second-order valence-electron chi connectivity index (χ2n) is 7.25. The highest BCUT2D eigenvalue weighted by Crippen LogP contribution is 2.34. The second kappa shape index (κ2) is 6.73. The first-order valence-corrected chi connectivity index (χ1v) is 7.86. The molecule has 0 aliphatic carbocycles. The first-order valence-electron chi connectivity index (χ1n) is 7.86. The van der Waals surface area contributed by atoms with Gasteiger partial charge in [-0.1, -0.05) is 30.3 Å². The number of hydrogen-bond donors (Lipinski definition) is 1. The maximum absolute atomic E-state index is 5.69. The summed E-state index contributed by atoms with van der Waals surface area (Å²) in [5.74, 6) is 0. The quantitative estimate of drug-likeness (QED) is 0.852. The first-order chi connectivity index (χ1) is 9.49. The highest BCUT2D eigenvalue weighted by Gasteiger charge is 2.35. The Kier molecular flexibility index (Phi) is 5.22. The van der Waals surface area contributed by atoms with Crippen molar-refractivity contribution in [2.24, 2.45) is 5.41 Å². The molecule has 1 aliphatic heterocycles. The normalized spacial score (nSPS) is 23.1. The van der Waals surface area contributed by atoms with Crippen LogP contribution in [0, 0.1) is 5.41 Å². The minimum absolute atomic E-state index is 0.190. The molecule has 1 aromatic carbocycles. The Morgan fingerprint density at radius 3 is 2.55 bits per heavy atom. The van der Waals surface area contributed by atoms with Gasteiger partial charge in [-0.3, -0.25) is 0 Å². The van der Waals surface area contributed by atoms with Crippen LogP contribution in [0.5, 0.6) is 0 Å². The predicted molar refractivity (Wildman–Crippen MR) is 85.0 cm³/mol. The first kappa shape index (κ1) is 15.5. The Balaban J connectivity index is 1.83. The van der Waals surface area contributed by atoms with Crippen LogP contribution in [-0.2, 0) is 11.2 Å². The Hall–Kier alpha value is -0.860. The molecule has 1 N–H and O–H groups in total. The molecule has 112 valence electrons. The van der Waals surface area contributed by atoms with E-state index in [0.717, 1.165) is 19.8 Å². The van der Waals surface area contributed by atoms with Gasteiger partial charge in [0.1, 0.15) is 0 Å². The molecular weight excluding hydrogens is 246 g/mol. The van der Waals surface area contributed by atoms with E-state index < -0.39 is 0 Å². The van der Waals surface area contributed by atoms with Crippen LogP contribution in [0.2, 0.25) is 0 Å². The molecule has 1 aliphatic rings. The molecule has 2 heteroatoms. The molecule has 1 heterocycles. The fraction of sp³-hybridized carbons (Fsp3) is 0.667. The molecule has 0 amide bonds. The third-order valence-electron chi connectivity index (χ3n) is 4.19. The molecule has 2 nitrogen and oxygen atoms in total. The predicted octanol–water partition coefficient (Wildman–Crippen LogP) is 3.80. The molecule has 1 saturated heterocycles. The number of nitrogens with one attached hydrogen (secondary N) is 1. The molecule has 2 rings (SSSR count). The summed E-state index contributed by atoms with van der Waals surface area (Å²) in [6.45, 7) is 9.63. The Bertz CT molecular complexity index is 388. The van der Waals surface area contributed by atoms with E-state index in [-0.39, 0.29) is 5.54 Å². The van der Waals surface area contributed by atoms with Crippen molar-refractivity contribution in [1.29, 1.82) is 0 Å². The van der Waals surface area contributed by atoms with E-state index >= 15 is 0 Å². The van der Waals surface area contributed by atoms with Crippen LogP contribution in [-0.4, -0.2) is 25.3 Å². The summed E-state index contributed by atoms with van der Waals surface area (Å²) >= 11 is 0. The number of aryl methyl sites for hydroxylation is 1. The van der Waals surface area contributed by atoms with Crippen LogP contribution in [0.4, 0.5) is 0 Å². The monoisotopic (exact) mass is 275 g/mol. The Morgan fingerprint density at radius 2 is 1.95 bits per heavy atom. The highest BCUT2D eigenvalue weighted by molar-refractivity contribution is 5.14. The molecule has 0 saturated carbocycles. The summed E-state index contributed by atoms with van der Waals surface area (Å²) in [6, 6.07) is 10.8. The van der Waals surface area contributed by atoms with Gasteiger partial charge in [0.25, 0.3) is 0 Å². The lowest BCUT2D eigenvalue weighted by molar-refractivity contribution is 0.136. The van der Waals surface area contributed by atoms with Gasteiger partial charge < -0.3 is 10.1 Å². The van der Waals surface area contributed by atoms with E-state index in [9.17, 15) is 0 Å². The lowest BCUT2D eigenvalue weighted by Gasteiger charge is -2.32. The Labute approximate surface area is 123 Å². The standard InChI is InChI=1S/C18H29NO/c1-17(2,3)19-14-18(12-13-20-15-18)11-7-10-16-8-5-4-6-9-16/h4-6,8-9,19H,7,10-15H2,1-3H3. The van der Waals surface area contributed by atoms with Crippen LogP contribution in [0.25, 0.3) is 0 Å². The summed E-state index contributed by atoms with van der Waals surface area (Å²) in [4.78, 5) is 0. The van der Waals surface area contributed by atoms with Crippen LogP contribution in [0.3, 0.4) is 0 Å². The fourth-order valence-corrected chi connectivity index (χ4v) is 2.84. The van der Waals surface area contributed by atoms with Gasteiger partial charge in [-0.15, -0.1) is 0 Å². The van der Waals surface area contributed by atoms with Crippen molar-refractivity contribution >= 4 is 0 Å². The number of ether oxygens (including phenoxy) is 1. The topological polar surface area (TPSA) is 21.3 Å². The summed E-state index contributed by atoms with van der Waals surface area (Å²) in [5.41, 5.74) is 1.99. The van der Waals surface area contributed by atoms with Crippen molar-refractivity contribution < 1.29 is 4.74 Å². The zero-order valence-corrected chi connectivity index (χ0v) is 13.2. The van der Waals surface area contributed by atoms with Crippen LogP contribution in [0.15, 0.2) is 30.3 Å². The molecule has 0 bridgehead atoms. The van der Waals surface area contributed by atoms with Crippen molar-refractivity contribution in [3.05, 3.63) is 35.9 Å². The van der Waals surface area contributed by atoms with Crippen molar-refractivity contribution in [3.63, 3.8) is 0 Å². The lowest BCUT2D eigenvalue weighted by Crippen LogP contribution is -2.44. The minimum Gasteiger partial charge on any atom is -0.381 e. The van der Waals surface area contributed by atoms with Gasteiger partial charge in [0.15, 0.2) is 0 Å². The number of hydrogen-bond acceptors (Lipinski definition) is 2. The average molecular weight is 275 g/mol. The van der Waals surface area contributed by atoms with E-state index in [1.165, 1.54) is 31.2 Å². The van der Waals surface area contributed by atoms with Crippen molar-refractivity contribution in [1.82, 2.24) is 5.32 Å². The van der Waals surface area contributed by atoms with Crippen LogP contribution in [0.1, 0.15) is 45.6 Å². The smallest absolute Gasteiger partial charge is 0.0535 e. The molecule has 20 heavy (non-hydrogen) atoms. The van der Waals surface area contributed by atoms with Gasteiger partial charge >= 0.3 is 0 Å². The van der Waals surface area contributed by atoms with Crippen LogP contribution < -0.4 is 5.32 Å². The zero-order valence-electron chi connectivity index (χ0n) is 13.2. The largest absolute Gasteiger partial charge is 0.381 e. The van der Waals surface area contributed by atoms with E-state index in [4.69, 9.17) is 4.74 Å². The van der Waals surface area contributed by atoms with E-state index in [1.807, 2.05) is 0 Å². The fourth-order valence-electron chi connectivity index (χ4n) is 2.84. The lowest BCUT2D eigenvalue weighted by atomic mass is 9.81. The maximum atomic E-state index is 5.69. The summed E-state index contributed by atoms with van der Waals surface area (Å²) in [5, 5.41) is 3.67. The average Bonchev–Trinajstić information content (AvgIpc) is 2.86. The SMILES string of the molecule is CC(C)(C)NCC1(CCCc2ccccc2)CCOC1. The molecule has 1 atom stereocenters. The summed E-state index contributed by atoms with van der Waals surface area (Å²) in [7, 11) is 0. The van der Waals surface area contributed by atoms with Crippen molar-refractivity contribution in [2.45, 2.75) is 52.0 Å². The summed E-state index contributed by atoms with van der Waals surface area (Å²) in [6.07, 6.45) is 4.88. The molecule has 1 unspecified atom stereocenters. The molecular formula is C18H29NO. The van der Waals surface area contributed by atoms with Gasteiger partial charge in [0, 0.05) is 24.1 Å². The Morgan fingerprint density at radius 1 is 1.20 bits per heavy atom. The third kappa shape index (κ3) is 4.92. The maximum Gasteiger partial charge on any atom is 0.0535 e. The van der Waals surface area contributed by atoms with Crippen molar-refractivity contribution in [2.75, 3.05) is 19.8 Å². The van der Waals surface area contributed by atoms with E-state index in [2.05, 4.69) is 56.4 Å². The van der Waals surface area contributed by atoms with Gasteiger partial charge in [-0.2, -0.15) is 0 Å². The second-order valence-corrected chi connectivity index (χ2v) is 7.25. The van der Waals surface area contributed by atoms with Crippen LogP contribution >= 0.6 is 0 Å². The van der Waals surface area contributed by atoms with Gasteiger partial charge in [-0.05, 0) is 52.0 Å². The van der Waals surface area contributed by atoms with Gasteiger partial charge in [0.05, 0.1) is 6.61 Å². The van der Waals surface area contributed by atoms with Gasteiger partial charge in [0.2, 0.25) is 0 Å².